The van der Waals surface area contributed by atoms with E-state index in [1.54, 1.807) is 24.0 Å². The third-order valence-electron chi connectivity index (χ3n) is 4.16. The molecule has 2 aromatic heterocycles. The first-order chi connectivity index (χ1) is 12.6. The van der Waals surface area contributed by atoms with E-state index >= 15 is 0 Å². The van der Waals surface area contributed by atoms with Crippen molar-refractivity contribution in [2.45, 2.75) is 32.3 Å². The van der Waals surface area contributed by atoms with Crippen LogP contribution in [0, 0.1) is 13.8 Å². The number of nitrogens with zero attached hydrogens (tertiary/aromatic N) is 3. The standard InChI is InChI=1S/C20H22N4OS/c1-4-26-19-12-16(10-11-21-19)20(25)22-13-18-14(2)23-24(15(18)3)17-8-6-5-7-9-17/h5-12H,4,13H2,1-3H3,(H,22,25). The number of rotatable bonds is 6. The number of benzene rings is 1. The van der Waals surface area contributed by atoms with Gasteiger partial charge in [-0.05, 0) is 43.9 Å². The summed E-state index contributed by atoms with van der Waals surface area (Å²) in [5.41, 5.74) is 4.64. The van der Waals surface area contributed by atoms with Gasteiger partial charge in [-0.25, -0.2) is 9.67 Å². The summed E-state index contributed by atoms with van der Waals surface area (Å²) in [5, 5.41) is 8.49. The maximum atomic E-state index is 12.5. The van der Waals surface area contributed by atoms with Crippen molar-refractivity contribution in [3.63, 3.8) is 0 Å². The average molecular weight is 366 g/mol. The first kappa shape index (κ1) is 18.2. The highest BCUT2D eigenvalue weighted by Crippen LogP contribution is 2.18. The van der Waals surface area contributed by atoms with Crippen molar-refractivity contribution in [2.24, 2.45) is 0 Å². The van der Waals surface area contributed by atoms with Crippen molar-refractivity contribution < 1.29 is 4.79 Å². The summed E-state index contributed by atoms with van der Waals surface area (Å²) in [7, 11) is 0. The summed E-state index contributed by atoms with van der Waals surface area (Å²) in [6, 6.07) is 13.6. The van der Waals surface area contributed by atoms with Crippen molar-refractivity contribution in [3.05, 3.63) is 71.2 Å². The van der Waals surface area contributed by atoms with Crippen LogP contribution < -0.4 is 5.32 Å². The molecule has 0 atom stereocenters. The fourth-order valence-electron chi connectivity index (χ4n) is 2.80. The summed E-state index contributed by atoms with van der Waals surface area (Å²) in [4.78, 5) is 16.8. The number of amides is 1. The van der Waals surface area contributed by atoms with E-state index in [-0.39, 0.29) is 5.91 Å². The number of hydrogen-bond donors (Lipinski definition) is 1. The highest BCUT2D eigenvalue weighted by molar-refractivity contribution is 7.99. The van der Waals surface area contributed by atoms with Gasteiger partial charge in [-0.15, -0.1) is 11.8 Å². The Morgan fingerprint density at radius 1 is 1.19 bits per heavy atom. The molecule has 1 amide bonds. The van der Waals surface area contributed by atoms with E-state index in [2.05, 4.69) is 22.3 Å². The molecule has 0 aliphatic rings. The number of nitrogens with one attached hydrogen (secondary N) is 1. The van der Waals surface area contributed by atoms with Crippen LogP contribution in [-0.2, 0) is 6.54 Å². The van der Waals surface area contributed by atoms with Gasteiger partial charge >= 0.3 is 0 Å². The van der Waals surface area contributed by atoms with Crippen molar-refractivity contribution in [3.8, 4) is 5.69 Å². The zero-order chi connectivity index (χ0) is 18.5. The Balaban J connectivity index is 1.75. The van der Waals surface area contributed by atoms with Gasteiger partial charge in [0, 0.05) is 29.6 Å². The summed E-state index contributed by atoms with van der Waals surface area (Å²) in [6.07, 6.45) is 1.68. The van der Waals surface area contributed by atoms with Gasteiger partial charge in [0.1, 0.15) is 0 Å². The van der Waals surface area contributed by atoms with E-state index in [9.17, 15) is 4.79 Å². The van der Waals surface area contributed by atoms with Crippen LogP contribution >= 0.6 is 11.8 Å². The number of carbonyl (C=O) groups is 1. The summed E-state index contributed by atoms with van der Waals surface area (Å²) >= 11 is 1.62. The third kappa shape index (κ3) is 3.96. The van der Waals surface area contributed by atoms with Crippen LogP contribution in [0.25, 0.3) is 5.69 Å². The largest absolute Gasteiger partial charge is 0.348 e. The van der Waals surface area contributed by atoms with Crippen LogP contribution in [0.5, 0.6) is 0 Å². The Morgan fingerprint density at radius 3 is 2.69 bits per heavy atom. The number of para-hydroxylation sites is 1. The van der Waals surface area contributed by atoms with Gasteiger partial charge in [0.2, 0.25) is 0 Å². The van der Waals surface area contributed by atoms with Crippen LogP contribution in [0.4, 0.5) is 0 Å². The van der Waals surface area contributed by atoms with Crippen molar-refractivity contribution in [1.82, 2.24) is 20.1 Å². The van der Waals surface area contributed by atoms with E-state index < -0.39 is 0 Å². The third-order valence-corrected chi connectivity index (χ3v) is 4.96. The lowest BCUT2D eigenvalue weighted by Gasteiger charge is -2.08. The van der Waals surface area contributed by atoms with Crippen molar-refractivity contribution in [1.29, 1.82) is 0 Å². The lowest BCUT2D eigenvalue weighted by molar-refractivity contribution is 0.0950. The van der Waals surface area contributed by atoms with E-state index in [1.807, 2.05) is 54.9 Å². The second kappa shape index (κ2) is 8.19. The highest BCUT2D eigenvalue weighted by atomic mass is 32.2. The molecule has 0 saturated carbocycles. The molecule has 0 fully saturated rings. The van der Waals surface area contributed by atoms with Crippen LogP contribution in [-0.4, -0.2) is 26.4 Å². The highest BCUT2D eigenvalue weighted by Gasteiger charge is 2.14. The molecule has 0 radical (unpaired) electrons. The van der Waals surface area contributed by atoms with E-state index in [0.29, 0.717) is 12.1 Å². The SMILES string of the molecule is CCSc1cc(C(=O)NCc2c(C)nn(-c3ccccc3)c2C)ccn1. The molecular formula is C20H22N4OS. The Hall–Kier alpha value is -2.60. The lowest BCUT2D eigenvalue weighted by atomic mass is 10.2. The predicted molar refractivity (Wildman–Crippen MR) is 105 cm³/mol. The summed E-state index contributed by atoms with van der Waals surface area (Å²) in [6.45, 7) is 6.50. The Labute approximate surface area is 157 Å². The molecule has 1 aromatic carbocycles. The molecule has 6 heteroatoms. The molecule has 0 unspecified atom stereocenters. The van der Waals surface area contributed by atoms with Crippen LogP contribution in [0.2, 0.25) is 0 Å². The van der Waals surface area contributed by atoms with Gasteiger partial charge in [-0.3, -0.25) is 4.79 Å². The minimum atomic E-state index is -0.100. The number of hydrogen-bond acceptors (Lipinski definition) is 4. The molecule has 2 heterocycles. The predicted octanol–water partition coefficient (Wildman–Crippen LogP) is 3.93. The Bertz CT molecular complexity index is 905. The number of aryl methyl sites for hydroxylation is 1. The summed E-state index contributed by atoms with van der Waals surface area (Å²) in [5.74, 6) is 0.825. The number of aromatic nitrogens is 3. The Kier molecular flexibility index (Phi) is 5.73. The van der Waals surface area contributed by atoms with Gasteiger partial charge in [-0.1, -0.05) is 25.1 Å². The average Bonchev–Trinajstić information content (AvgIpc) is 2.95. The zero-order valence-electron chi connectivity index (χ0n) is 15.2. The molecule has 3 aromatic rings. The molecule has 3 rings (SSSR count). The molecule has 0 aliphatic carbocycles. The van der Waals surface area contributed by atoms with Gasteiger partial charge in [0.25, 0.3) is 5.91 Å². The van der Waals surface area contributed by atoms with E-state index in [0.717, 1.165) is 33.4 Å². The molecule has 5 nitrogen and oxygen atoms in total. The summed E-state index contributed by atoms with van der Waals surface area (Å²) < 4.78 is 1.92. The van der Waals surface area contributed by atoms with Crippen LogP contribution in [0.15, 0.2) is 53.7 Å². The second-order valence-corrected chi connectivity index (χ2v) is 7.18. The van der Waals surface area contributed by atoms with Gasteiger partial charge in [0.15, 0.2) is 0 Å². The molecule has 134 valence electrons. The van der Waals surface area contributed by atoms with Crippen LogP contribution in [0.1, 0.15) is 34.2 Å². The monoisotopic (exact) mass is 366 g/mol. The first-order valence-corrected chi connectivity index (χ1v) is 9.56. The van der Waals surface area contributed by atoms with Gasteiger partial charge < -0.3 is 5.32 Å². The zero-order valence-corrected chi connectivity index (χ0v) is 16.0. The minimum Gasteiger partial charge on any atom is -0.348 e. The maximum Gasteiger partial charge on any atom is 0.251 e. The Morgan fingerprint density at radius 2 is 1.96 bits per heavy atom. The smallest absolute Gasteiger partial charge is 0.251 e. The lowest BCUT2D eigenvalue weighted by Crippen LogP contribution is -2.23. The topological polar surface area (TPSA) is 59.8 Å². The molecular weight excluding hydrogens is 344 g/mol. The molecule has 26 heavy (non-hydrogen) atoms. The first-order valence-electron chi connectivity index (χ1n) is 8.57. The van der Waals surface area contributed by atoms with Gasteiger partial charge in [0.05, 0.1) is 16.4 Å². The second-order valence-electron chi connectivity index (χ2n) is 5.90. The van der Waals surface area contributed by atoms with Crippen LogP contribution in [0.3, 0.4) is 0 Å². The molecule has 0 spiro atoms. The number of pyridine rings is 1. The maximum absolute atomic E-state index is 12.5. The molecule has 0 aliphatic heterocycles. The number of thioether (sulfide) groups is 1. The molecule has 0 saturated heterocycles. The normalized spacial score (nSPS) is 10.7. The quantitative estimate of drug-likeness (QED) is 0.672. The van der Waals surface area contributed by atoms with Crippen molar-refractivity contribution >= 4 is 17.7 Å². The van der Waals surface area contributed by atoms with E-state index in [4.69, 9.17) is 0 Å². The fraction of sp³-hybridized carbons (Fsp3) is 0.250. The molecule has 0 bridgehead atoms. The van der Waals surface area contributed by atoms with Crippen molar-refractivity contribution in [2.75, 3.05) is 5.75 Å². The fourth-order valence-corrected chi connectivity index (χ4v) is 3.44. The van der Waals surface area contributed by atoms with E-state index in [1.165, 1.54) is 0 Å². The van der Waals surface area contributed by atoms with Gasteiger partial charge in [-0.2, -0.15) is 5.10 Å². The number of carbonyl (C=O) groups excluding carboxylic acids is 1. The minimum absolute atomic E-state index is 0.100. The molecule has 1 N–H and O–H groups in total.